The first-order valence-corrected chi connectivity index (χ1v) is 6.95. The van der Waals surface area contributed by atoms with E-state index in [0.717, 1.165) is 18.3 Å². The summed E-state index contributed by atoms with van der Waals surface area (Å²) in [6, 6.07) is 1.65. The van der Waals surface area contributed by atoms with Crippen molar-refractivity contribution in [2.75, 3.05) is 0 Å². The van der Waals surface area contributed by atoms with Crippen molar-refractivity contribution >= 4 is 5.91 Å². The summed E-state index contributed by atoms with van der Waals surface area (Å²) in [5.41, 5.74) is -0.959. The standard InChI is InChI=1S/C14H16F3N5O/c1-9(2)11(8-22-6-5-19-21-22)20-13(23)10-3-4-12(18-7-10)14(15,16)17/h3-7,9,11H,8H2,1-2H3,(H,20,23). The van der Waals surface area contributed by atoms with Crippen LogP contribution in [0.5, 0.6) is 0 Å². The van der Waals surface area contributed by atoms with E-state index in [1.807, 2.05) is 13.8 Å². The average molecular weight is 327 g/mol. The summed E-state index contributed by atoms with van der Waals surface area (Å²) >= 11 is 0. The lowest BCUT2D eigenvalue weighted by atomic mass is 10.0. The van der Waals surface area contributed by atoms with Gasteiger partial charge in [0.15, 0.2) is 0 Å². The van der Waals surface area contributed by atoms with E-state index >= 15 is 0 Å². The first kappa shape index (κ1) is 16.9. The normalized spacial score (nSPS) is 13.1. The molecule has 0 aliphatic heterocycles. The third kappa shape index (κ3) is 4.51. The van der Waals surface area contributed by atoms with Crippen LogP contribution in [0, 0.1) is 5.92 Å². The first-order valence-electron chi connectivity index (χ1n) is 6.95. The molecule has 1 unspecified atom stereocenters. The predicted molar refractivity (Wildman–Crippen MR) is 75.4 cm³/mol. The summed E-state index contributed by atoms with van der Waals surface area (Å²) in [5.74, 6) is -0.379. The van der Waals surface area contributed by atoms with Gasteiger partial charge in [-0.2, -0.15) is 13.2 Å². The molecule has 0 fully saturated rings. The second-order valence-electron chi connectivity index (χ2n) is 5.38. The predicted octanol–water partition coefficient (Wildman–Crippen LogP) is 2.15. The largest absolute Gasteiger partial charge is 0.433 e. The Kier molecular flexibility index (Phi) is 4.97. The number of nitrogens with zero attached hydrogens (tertiary/aromatic N) is 4. The zero-order valence-corrected chi connectivity index (χ0v) is 12.6. The van der Waals surface area contributed by atoms with E-state index in [2.05, 4.69) is 20.6 Å². The average Bonchev–Trinajstić information content (AvgIpc) is 2.98. The van der Waals surface area contributed by atoms with E-state index < -0.39 is 17.8 Å². The number of alkyl halides is 3. The topological polar surface area (TPSA) is 72.7 Å². The van der Waals surface area contributed by atoms with E-state index in [0.29, 0.717) is 6.54 Å². The molecule has 0 bridgehead atoms. The van der Waals surface area contributed by atoms with E-state index in [1.54, 1.807) is 10.9 Å². The monoisotopic (exact) mass is 327 g/mol. The zero-order chi connectivity index (χ0) is 17.0. The molecule has 0 aromatic carbocycles. The van der Waals surface area contributed by atoms with Gasteiger partial charge in [-0.05, 0) is 18.1 Å². The van der Waals surface area contributed by atoms with Crippen molar-refractivity contribution in [3.05, 3.63) is 42.0 Å². The van der Waals surface area contributed by atoms with Gasteiger partial charge < -0.3 is 5.32 Å². The highest BCUT2D eigenvalue weighted by Gasteiger charge is 2.32. The minimum absolute atomic E-state index is 0.0715. The fourth-order valence-electron chi connectivity index (χ4n) is 1.90. The zero-order valence-electron chi connectivity index (χ0n) is 12.6. The Hall–Kier alpha value is -2.45. The number of nitrogens with one attached hydrogen (secondary N) is 1. The van der Waals surface area contributed by atoms with Crippen LogP contribution < -0.4 is 5.32 Å². The molecule has 0 spiro atoms. The molecule has 0 saturated heterocycles. The summed E-state index contributed by atoms with van der Waals surface area (Å²) in [6.07, 6.45) is -0.409. The molecule has 124 valence electrons. The number of pyridine rings is 1. The SMILES string of the molecule is CC(C)C(Cn1ccnn1)NC(=O)c1ccc(C(F)(F)F)nc1. The second kappa shape index (κ2) is 6.76. The lowest BCUT2D eigenvalue weighted by molar-refractivity contribution is -0.141. The molecule has 0 aliphatic rings. The van der Waals surface area contributed by atoms with E-state index in [9.17, 15) is 18.0 Å². The van der Waals surface area contributed by atoms with Crippen LogP contribution in [0.15, 0.2) is 30.7 Å². The minimum atomic E-state index is -4.53. The number of amides is 1. The Morgan fingerprint density at radius 3 is 2.57 bits per heavy atom. The van der Waals surface area contributed by atoms with Gasteiger partial charge in [0, 0.05) is 12.4 Å². The minimum Gasteiger partial charge on any atom is -0.347 e. The Morgan fingerprint density at radius 2 is 2.09 bits per heavy atom. The highest BCUT2D eigenvalue weighted by atomic mass is 19.4. The maximum absolute atomic E-state index is 12.5. The Morgan fingerprint density at radius 1 is 1.35 bits per heavy atom. The number of aromatic nitrogens is 4. The lowest BCUT2D eigenvalue weighted by Gasteiger charge is -2.22. The van der Waals surface area contributed by atoms with Gasteiger partial charge in [0.05, 0.1) is 24.3 Å². The van der Waals surface area contributed by atoms with Gasteiger partial charge in [0.1, 0.15) is 5.69 Å². The number of hydrogen-bond donors (Lipinski definition) is 1. The van der Waals surface area contributed by atoms with Gasteiger partial charge in [0.2, 0.25) is 0 Å². The summed E-state index contributed by atoms with van der Waals surface area (Å²) < 4.78 is 39.0. The summed E-state index contributed by atoms with van der Waals surface area (Å²) in [4.78, 5) is 15.5. The van der Waals surface area contributed by atoms with E-state index in [-0.39, 0.29) is 17.5 Å². The Bertz CT molecular complexity index is 637. The lowest BCUT2D eigenvalue weighted by Crippen LogP contribution is -2.41. The molecule has 1 N–H and O–H groups in total. The highest BCUT2D eigenvalue weighted by Crippen LogP contribution is 2.27. The molecule has 2 heterocycles. The number of carbonyl (C=O) groups is 1. The van der Waals surface area contributed by atoms with Gasteiger partial charge in [-0.1, -0.05) is 19.1 Å². The maximum atomic E-state index is 12.5. The van der Waals surface area contributed by atoms with Gasteiger partial charge in [-0.3, -0.25) is 14.5 Å². The molecule has 0 radical (unpaired) electrons. The molecule has 9 heteroatoms. The third-order valence-electron chi connectivity index (χ3n) is 3.29. The van der Waals surface area contributed by atoms with Crippen LogP contribution in [0.25, 0.3) is 0 Å². The maximum Gasteiger partial charge on any atom is 0.433 e. The van der Waals surface area contributed by atoms with Crippen LogP contribution >= 0.6 is 0 Å². The van der Waals surface area contributed by atoms with Crippen LogP contribution in [0.2, 0.25) is 0 Å². The molecule has 6 nitrogen and oxygen atoms in total. The van der Waals surface area contributed by atoms with E-state index in [4.69, 9.17) is 0 Å². The smallest absolute Gasteiger partial charge is 0.347 e. The van der Waals surface area contributed by atoms with Gasteiger partial charge in [-0.15, -0.1) is 5.10 Å². The Balaban J connectivity index is 2.06. The van der Waals surface area contributed by atoms with Crippen molar-refractivity contribution in [1.29, 1.82) is 0 Å². The van der Waals surface area contributed by atoms with Crippen LogP contribution in [0.4, 0.5) is 13.2 Å². The molecule has 0 aliphatic carbocycles. The number of halogens is 3. The molecule has 23 heavy (non-hydrogen) atoms. The fraction of sp³-hybridized carbons (Fsp3) is 0.429. The summed E-state index contributed by atoms with van der Waals surface area (Å²) in [5, 5.41) is 10.3. The quantitative estimate of drug-likeness (QED) is 0.913. The van der Waals surface area contributed by atoms with Gasteiger partial charge in [-0.25, -0.2) is 0 Å². The van der Waals surface area contributed by atoms with Crippen LogP contribution in [-0.4, -0.2) is 31.9 Å². The van der Waals surface area contributed by atoms with Crippen molar-refractivity contribution in [1.82, 2.24) is 25.3 Å². The molecule has 1 atom stereocenters. The van der Waals surface area contributed by atoms with Gasteiger partial charge >= 0.3 is 6.18 Å². The number of rotatable bonds is 5. The number of hydrogen-bond acceptors (Lipinski definition) is 4. The van der Waals surface area contributed by atoms with Gasteiger partial charge in [0.25, 0.3) is 5.91 Å². The summed E-state index contributed by atoms with van der Waals surface area (Å²) in [7, 11) is 0. The molecular formula is C14H16F3N5O. The van der Waals surface area contributed by atoms with Crippen molar-refractivity contribution in [2.45, 2.75) is 32.6 Å². The Labute approximate surface area is 130 Å². The molecule has 1 amide bonds. The van der Waals surface area contributed by atoms with Crippen molar-refractivity contribution < 1.29 is 18.0 Å². The molecule has 2 aromatic heterocycles. The molecule has 2 aromatic rings. The number of carbonyl (C=O) groups excluding carboxylic acids is 1. The van der Waals surface area contributed by atoms with Crippen molar-refractivity contribution in [3.63, 3.8) is 0 Å². The highest BCUT2D eigenvalue weighted by molar-refractivity contribution is 5.94. The second-order valence-corrected chi connectivity index (χ2v) is 5.38. The molecule has 0 saturated carbocycles. The third-order valence-corrected chi connectivity index (χ3v) is 3.29. The molecular weight excluding hydrogens is 311 g/mol. The first-order chi connectivity index (χ1) is 10.8. The van der Waals surface area contributed by atoms with Crippen molar-refractivity contribution in [2.24, 2.45) is 5.92 Å². The van der Waals surface area contributed by atoms with Crippen molar-refractivity contribution in [3.8, 4) is 0 Å². The van der Waals surface area contributed by atoms with E-state index in [1.165, 1.54) is 6.20 Å². The van der Waals surface area contributed by atoms with Crippen LogP contribution in [-0.2, 0) is 12.7 Å². The van der Waals surface area contributed by atoms with Crippen LogP contribution in [0.3, 0.4) is 0 Å². The van der Waals surface area contributed by atoms with Crippen LogP contribution in [0.1, 0.15) is 29.9 Å². The molecule has 2 rings (SSSR count). The summed E-state index contributed by atoms with van der Waals surface area (Å²) in [6.45, 7) is 4.26. The fourth-order valence-corrected chi connectivity index (χ4v) is 1.90.